The average Bonchev–Trinajstić information content (AvgIpc) is 3.22. The minimum atomic E-state index is -0.194. The molecule has 4 rings (SSSR count). The van der Waals surface area contributed by atoms with Gasteiger partial charge in [0.05, 0.1) is 24.1 Å². The Bertz CT molecular complexity index is 1060. The fourth-order valence-corrected chi connectivity index (χ4v) is 3.85. The van der Waals surface area contributed by atoms with Gasteiger partial charge in [0.2, 0.25) is 0 Å². The zero-order chi connectivity index (χ0) is 20.4. The molecule has 3 heterocycles. The largest absolute Gasteiger partial charge is 0.348 e. The molecule has 0 unspecified atom stereocenters. The lowest BCUT2D eigenvalue weighted by atomic mass is 9.91. The van der Waals surface area contributed by atoms with Crippen molar-refractivity contribution in [1.82, 2.24) is 29.6 Å². The summed E-state index contributed by atoms with van der Waals surface area (Å²) >= 11 is 0. The van der Waals surface area contributed by atoms with Crippen LogP contribution in [0.2, 0.25) is 0 Å². The summed E-state index contributed by atoms with van der Waals surface area (Å²) in [6.07, 6.45) is 12.5. The van der Waals surface area contributed by atoms with E-state index < -0.39 is 0 Å². The minimum Gasteiger partial charge on any atom is -0.348 e. The maximum absolute atomic E-state index is 12.6. The quantitative estimate of drug-likeness (QED) is 0.735. The van der Waals surface area contributed by atoms with Crippen molar-refractivity contribution in [3.63, 3.8) is 0 Å². The zero-order valence-corrected chi connectivity index (χ0v) is 16.6. The third-order valence-corrected chi connectivity index (χ3v) is 5.62. The normalized spacial score (nSPS) is 19.1. The number of hydrogen-bond donors (Lipinski definition) is 1. The summed E-state index contributed by atoms with van der Waals surface area (Å²) in [5.74, 6) is -0.194. The number of nitrogens with zero attached hydrogens (tertiary/aromatic N) is 5. The van der Waals surface area contributed by atoms with Gasteiger partial charge in [-0.15, -0.1) is 0 Å². The van der Waals surface area contributed by atoms with Gasteiger partial charge in [0.25, 0.3) is 5.91 Å². The summed E-state index contributed by atoms with van der Waals surface area (Å²) in [4.78, 5) is 32.8. The van der Waals surface area contributed by atoms with E-state index >= 15 is 0 Å². The predicted molar refractivity (Wildman–Crippen MR) is 108 cm³/mol. The Kier molecular flexibility index (Phi) is 5.24. The van der Waals surface area contributed by atoms with Crippen LogP contribution < -0.4 is 10.7 Å². The second-order valence-electron chi connectivity index (χ2n) is 7.56. The molecule has 1 aliphatic carbocycles. The monoisotopic (exact) mass is 392 g/mol. The van der Waals surface area contributed by atoms with Gasteiger partial charge in [0, 0.05) is 55.1 Å². The number of aryl methyl sites for hydroxylation is 1. The van der Waals surface area contributed by atoms with Crippen molar-refractivity contribution in [3.8, 4) is 11.3 Å². The molecule has 1 N–H and O–H groups in total. The van der Waals surface area contributed by atoms with Crippen LogP contribution in [0.3, 0.4) is 0 Å². The van der Waals surface area contributed by atoms with Crippen molar-refractivity contribution in [3.05, 3.63) is 64.7 Å². The van der Waals surface area contributed by atoms with Crippen LogP contribution in [0.4, 0.5) is 0 Å². The molecule has 8 nitrogen and oxygen atoms in total. The molecule has 3 aromatic heterocycles. The van der Waals surface area contributed by atoms with Crippen LogP contribution >= 0.6 is 0 Å². The number of amides is 1. The van der Waals surface area contributed by atoms with E-state index in [2.05, 4.69) is 20.4 Å². The lowest BCUT2D eigenvalue weighted by Gasteiger charge is -2.29. The summed E-state index contributed by atoms with van der Waals surface area (Å²) in [5.41, 5.74) is 2.78. The molecule has 0 bridgehead atoms. The van der Waals surface area contributed by atoms with Gasteiger partial charge in [0.1, 0.15) is 5.69 Å². The van der Waals surface area contributed by atoms with Crippen molar-refractivity contribution < 1.29 is 4.79 Å². The second kappa shape index (κ2) is 7.98. The maximum Gasteiger partial charge on any atom is 0.268 e. The number of hydrogen-bond acceptors (Lipinski definition) is 5. The van der Waals surface area contributed by atoms with Crippen LogP contribution in [0.25, 0.3) is 11.3 Å². The SMILES string of the molecule is Cc1cc(=O)cc(C(=O)NC2CCC(n3cc(-c4cnccn4)cn3)CC2)n1C. The fourth-order valence-electron chi connectivity index (χ4n) is 3.85. The minimum absolute atomic E-state index is 0.101. The van der Waals surface area contributed by atoms with Gasteiger partial charge in [-0.05, 0) is 32.6 Å². The molecule has 29 heavy (non-hydrogen) atoms. The first-order valence-electron chi connectivity index (χ1n) is 9.80. The molecule has 150 valence electrons. The van der Waals surface area contributed by atoms with Crippen molar-refractivity contribution in [2.24, 2.45) is 7.05 Å². The maximum atomic E-state index is 12.6. The van der Waals surface area contributed by atoms with Gasteiger partial charge in [-0.25, -0.2) is 0 Å². The van der Waals surface area contributed by atoms with Crippen LogP contribution in [-0.4, -0.2) is 36.3 Å². The van der Waals surface area contributed by atoms with Gasteiger partial charge < -0.3 is 9.88 Å². The number of pyridine rings is 1. The molecule has 0 aromatic carbocycles. The van der Waals surface area contributed by atoms with Gasteiger partial charge in [-0.2, -0.15) is 5.10 Å². The standard InChI is InChI=1S/C21H24N6O2/c1-14-9-18(28)10-20(26(14)2)21(29)25-16-3-5-17(6-4-16)27-13-15(11-24-27)19-12-22-7-8-23-19/h7-13,16-17H,3-6H2,1-2H3,(H,25,29). The molecule has 0 aliphatic heterocycles. The van der Waals surface area contributed by atoms with Crippen LogP contribution in [0.15, 0.2) is 47.9 Å². The Labute approximate surface area is 168 Å². The highest BCUT2D eigenvalue weighted by Crippen LogP contribution is 2.29. The van der Waals surface area contributed by atoms with E-state index in [1.165, 1.54) is 12.1 Å². The molecule has 0 radical (unpaired) electrons. The van der Waals surface area contributed by atoms with Crippen molar-refractivity contribution >= 4 is 5.91 Å². The van der Waals surface area contributed by atoms with Gasteiger partial charge in [-0.1, -0.05) is 0 Å². The van der Waals surface area contributed by atoms with E-state index in [1.807, 2.05) is 24.0 Å². The molecule has 0 spiro atoms. The van der Waals surface area contributed by atoms with Crippen molar-refractivity contribution in [2.45, 2.75) is 44.7 Å². The first-order valence-corrected chi connectivity index (χ1v) is 9.80. The average molecular weight is 392 g/mol. The summed E-state index contributed by atoms with van der Waals surface area (Å²) < 4.78 is 3.74. The second-order valence-corrected chi connectivity index (χ2v) is 7.56. The molecule has 1 saturated carbocycles. The molecule has 1 fully saturated rings. The molecule has 0 atom stereocenters. The third-order valence-electron chi connectivity index (χ3n) is 5.62. The number of nitrogens with one attached hydrogen (secondary N) is 1. The topological polar surface area (TPSA) is 94.7 Å². The number of carbonyl (C=O) groups excluding carboxylic acids is 1. The van der Waals surface area contributed by atoms with Gasteiger partial charge in [-0.3, -0.25) is 24.2 Å². The summed E-state index contributed by atoms with van der Waals surface area (Å²) in [6.45, 7) is 1.82. The van der Waals surface area contributed by atoms with E-state index in [-0.39, 0.29) is 17.4 Å². The van der Waals surface area contributed by atoms with Crippen LogP contribution in [-0.2, 0) is 7.05 Å². The smallest absolute Gasteiger partial charge is 0.268 e. The number of carbonyl (C=O) groups is 1. The van der Waals surface area contributed by atoms with E-state index in [0.717, 1.165) is 42.6 Å². The summed E-state index contributed by atoms with van der Waals surface area (Å²) in [5, 5.41) is 7.59. The highest BCUT2D eigenvalue weighted by molar-refractivity contribution is 5.92. The van der Waals surface area contributed by atoms with Crippen molar-refractivity contribution in [2.75, 3.05) is 0 Å². The van der Waals surface area contributed by atoms with Crippen LogP contribution in [0, 0.1) is 6.92 Å². The Hall–Kier alpha value is -3.29. The highest BCUT2D eigenvalue weighted by atomic mass is 16.2. The Morgan fingerprint density at radius 2 is 1.93 bits per heavy atom. The molecular weight excluding hydrogens is 368 g/mol. The predicted octanol–water partition coefficient (Wildman–Crippen LogP) is 2.26. The van der Waals surface area contributed by atoms with Crippen LogP contribution in [0.1, 0.15) is 47.9 Å². The summed E-state index contributed by atoms with van der Waals surface area (Å²) in [7, 11) is 1.80. The Morgan fingerprint density at radius 3 is 2.66 bits per heavy atom. The lowest BCUT2D eigenvalue weighted by molar-refractivity contribution is 0.0912. The first-order chi connectivity index (χ1) is 14.0. The third kappa shape index (κ3) is 4.11. The lowest BCUT2D eigenvalue weighted by Crippen LogP contribution is -2.39. The zero-order valence-electron chi connectivity index (χ0n) is 16.6. The van der Waals surface area contributed by atoms with Crippen LogP contribution in [0.5, 0.6) is 0 Å². The molecule has 8 heteroatoms. The Balaban J connectivity index is 1.37. The molecule has 1 aliphatic rings. The van der Waals surface area contributed by atoms with E-state index in [9.17, 15) is 9.59 Å². The van der Waals surface area contributed by atoms with Crippen molar-refractivity contribution in [1.29, 1.82) is 0 Å². The molecular formula is C21H24N6O2. The van der Waals surface area contributed by atoms with Gasteiger partial charge in [0.15, 0.2) is 5.43 Å². The molecule has 3 aromatic rings. The molecule has 0 saturated heterocycles. The van der Waals surface area contributed by atoms with E-state index in [4.69, 9.17) is 0 Å². The first kappa shape index (κ1) is 19.0. The van der Waals surface area contributed by atoms with E-state index in [1.54, 1.807) is 30.2 Å². The van der Waals surface area contributed by atoms with E-state index in [0.29, 0.717) is 11.7 Å². The highest BCUT2D eigenvalue weighted by Gasteiger charge is 2.25. The summed E-state index contributed by atoms with van der Waals surface area (Å²) in [6, 6.07) is 3.33. The van der Waals surface area contributed by atoms with Gasteiger partial charge >= 0.3 is 0 Å². The molecule has 1 amide bonds. The Morgan fingerprint density at radius 1 is 1.14 bits per heavy atom. The fraction of sp³-hybridized carbons (Fsp3) is 0.381. The number of rotatable bonds is 4. The number of aromatic nitrogens is 5.